The van der Waals surface area contributed by atoms with Gasteiger partial charge in [0.15, 0.2) is 5.96 Å². The van der Waals surface area contributed by atoms with Crippen LogP contribution in [0.25, 0.3) is 0 Å². The zero-order chi connectivity index (χ0) is 20.6. The molecule has 30 heavy (non-hydrogen) atoms. The van der Waals surface area contributed by atoms with Crippen LogP contribution in [0.15, 0.2) is 23.2 Å². The van der Waals surface area contributed by atoms with E-state index in [-0.39, 0.29) is 36.4 Å². The van der Waals surface area contributed by atoms with E-state index in [4.69, 9.17) is 4.74 Å². The van der Waals surface area contributed by atoms with Gasteiger partial charge in [0.05, 0.1) is 6.61 Å². The van der Waals surface area contributed by atoms with E-state index >= 15 is 0 Å². The summed E-state index contributed by atoms with van der Waals surface area (Å²) in [6, 6.07) is 6.49. The van der Waals surface area contributed by atoms with E-state index in [0.717, 1.165) is 69.6 Å². The van der Waals surface area contributed by atoms with Gasteiger partial charge in [0, 0.05) is 58.0 Å². The van der Waals surface area contributed by atoms with E-state index in [0.29, 0.717) is 12.0 Å². The lowest BCUT2D eigenvalue weighted by Crippen LogP contribution is -2.50. The molecule has 2 saturated heterocycles. The van der Waals surface area contributed by atoms with Gasteiger partial charge in [0.25, 0.3) is 0 Å². The number of carbonyl (C=O) groups excluding carboxylic acids is 1. The lowest BCUT2D eigenvalue weighted by Gasteiger charge is -2.34. The van der Waals surface area contributed by atoms with E-state index < -0.39 is 0 Å². The molecule has 1 aromatic rings. The first kappa shape index (κ1) is 24.6. The molecule has 8 nitrogen and oxygen atoms in total. The second-order valence-electron chi connectivity index (χ2n) is 8.11. The lowest BCUT2D eigenvalue weighted by atomic mass is 10.1. The summed E-state index contributed by atoms with van der Waals surface area (Å²) in [5, 5.41) is 6.95. The molecular formula is C21H35IN6O2. The molecule has 0 saturated carbocycles. The SMILES string of the molecule is Cc1cccc(N2CCC(NC(=NCC(=O)N(C)C)NCC3CCOC3)CC2)n1.I. The number of aromatic nitrogens is 1. The molecule has 2 aliphatic heterocycles. The summed E-state index contributed by atoms with van der Waals surface area (Å²) < 4.78 is 5.46. The Morgan fingerprint density at radius 2 is 2.07 bits per heavy atom. The third kappa shape index (κ3) is 7.57. The Balaban J connectivity index is 0.00000320. The van der Waals surface area contributed by atoms with Gasteiger partial charge in [-0.1, -0.05) is 6.07 Å². The predicted octanol–water partition coefficient (Wildman–Crippen LogP) is 1.64. The smallest absolute Gasteiger partial charge is 0.243 e. The molecule has 0 radical (unpaired) electrons. The summed E-state index contributed by atoms with van der Waals surface area (Å²) in [5.41, 5.74) is 1.04. The van der Waals surface area contributed by atoms with Crippen LogP contribution in [0.1, 0.15) is 25.0 Å². The number of aliphatic imine (C=N–C) groups is 1. The number of rotatable bonds is 6. The van der Waals surface area contributed by atoms with Gasteiger partial charge in [-0.05, 0) is 38.3 Å². The summed E-state index contributed by atoms with van der Waals surface area (Å²) in [6.45, 7) is 6.51. The Kier molecular flexibility index (Phi) is 10.1. The summed E-state index contributed by atoms with van der Waals surface area (Å²) in [7, 11) is 3.51. The van der Waals surface area contributed by atoms with Crippen LogP contribution in [0.3, 0.4) is 0 Å². The second-order valence-corrected chi connectivity index (χ2v) is 8.11. The van der Waals surface area contributed by atoms with Crippen molar-refractivity contribution in [2.75, 3.05) is 58.4 Å². The standard InChI is InChI=1S/C21H34N6O2.HI/c1-16-5-4-6-19(24-16)27-10-7-18(8-11-27)25-21(23-14-20(28)26(2)3)22-13-17-9-12-29-15-17;/h4-6,17-18H,7-15H2,1-3H3,(H2,22,23,25);1H. The number of pyridine rings is 1. The summed E-state index contributed by atoms with van der Waals surface area (Å²) in [4.78, 5) is 25.0. The number of carbonyl (C=O) groups is 1. The Hall–Kier alpha value is -1.62. The van der Waals surface area contributed by atoms with Gasteiger partial charge in [-0.15, -0.1) is 24.0 Å². The van der Waals surface area contributed by atoms with Crippen LogP contribution in [-0.4, -0.2) is 81.3 Å². The Morgan fingerprint density at radius 1 is 1.30 bits per heavy atom. The number of guanidine groups is 1. The molecule has 1 amide bonds. The molecule has 2 N–H and O–H groups in total. The van der Waals surface area contributed by atoms with Crippen molar-refractivity contribution < 1.29 is 9.53 Å². The minimum atomic E-state index is -0.00404. The first-order chi connectivity index (χ1) is 14.0. The van der Waals surface area contributed by atoms with Crippen LogP contribution in [-0.2, 0) is 9.53 Å². The van der Waals surface area contributed by atoms with Crippen molar-refractivity contribution in [2.24, 2.45) is 10.9 Å². The maximum absolute atomic E-state index is 12.0. The maximum atomic E-state index is 12.0. The number of ether oxygens (including phenoxy) is 1. The number of anilines is 1. The van der Waals surface area contributed by atoms with Crippen molar-refractivity contribution >= 4 is 41.7 Å². The first-order valence-electron chi connectivity index (χ1n) is 10.5. The minimum absolute atomic E-state index is 0. The van der Waals surface area contributed by atoms with E-state index in [1.807, 2.05) is 13.0 Å². The summed E-state index contributed by atoms with van der Waals surface area (Å²) in [5.74, 6) is 2.27. The molecule has 1 atom stereocenters. The quantitative estimate of drug-likeness (QED) is 0.331. The molecule has 0 aromatic carbocycles. The summed E-state index contributed by atoms with van der Waals surface area (Å²) >= 11 is 0. The monoisotopic (exact) mass is 530 g/mol. The fourth-order valence-electron chi connectivity index (χ4n) is 3.58. The van der Waals surface area contributed by atoms with E-state index in [1.165, 1.54) is 0 Å². The molecule has 168 valence electrons. The molecule has 2 fully saturated rings. The van der Waals surface area contributed by atoms with E-state index in [2.05, 4.69) is 37.6 Å². The van der Waals surface area contributed by atoms with Gasteiger partial charge in [0.1, 0.15) is 12.4 Å². The highest BCUT2D eigenvalue weighted by atomic mass is 127. The van der Waals surface area contributed by atoms with Crippen LogP contribution in [0, 0.1) is 12.8 Å². The topological polar surface area (TPSA) is 82.1 Å². The number of likely N-dealkylation sites (N-methyl/N-ethyl adjacent to an activating group) is 1. The van der Waals surface area contributed by atoms with Crippen molar-refractivity contribution in [1.29, 1.82) is 0 Å². The molecule has 9 heteroatoms. The van der Waals surface area contributed by atoms with Crippen LogP contribution < -0.4 is 15.5 Å². The number of aryl methyl sites for hydroxylation is 1. The molecular weight excluding hydrogens is 495 g/mol. The highest BCUT2D eigenvalue weighted by molar-refractivity contribution is 14.0. The molecule has 3 rings (SSSR count). The summed E-state index contributed by atoms with van der Waals surface area (Å²) in [6.07, 6.45) is 3.08. The Morgan fingerprint density at radius 3 is 2.70 bits per heavy atom. The van der Waals surface area contributed by atoms with Gasteiger partial charge < -0.3 is 25.2 Å². The normalized spacial score (nSPS) is 19.9. The van der Waals surface area contributed by atoms with Crippen molar-refractivity contribution in [1.82, 2.24) is 20.5 Å². The highest BCUT2D eigenvalue weighted by Crippen LogP contribution is 2.18. The number of nitrogens with one attached hydrogen (secondary N) is 2. The van der Waals surface area contributed by atoms with Gasteiger partial charge in [-0.3, -0.25) is 4.79 Å². The van der Waals surface area contributed by atoms with Crippen LogP contribution >= 0.6 is 24.0 Å². The maximum Gasteiger partial charge on any atom is 0.243 e. The fourth-order valence-corrected chi connectivity index (χ4v) is 3.58. The Labute approximate surface area is 196 Å². The zero-order valence-electron chi connectivity index (χ0n) is 18.3. The second kappa shape index (κ2) is 12.3. The minimum Gasteiger partial charge on any atom is -0.381 e. The number of hydrogen-bond acceptors (Lipinski definition) is 5. The number of nitrogens with zero attached hydrogens (tertiary/aromatic N) is 4. The van der Waals surface area contributed by atoms with E-state index in [9.17, 15) is 4.79 Å². The average molecular weight is 530 g/mol. The number of halogens is 1. The van der Waals surface area contributed by atoms with Gasteiger partial charge in [0.2, 0.25) is 5.91 Å². The van der Waals surface area contributed by atoms with Crippen molar-refractivity contribution in [3.8, 4) is 0 Å². The van der Waals surface area contributed by atoms with Gasteiger partial charge >= 0.3 is 0 Å². The molecule has 1 aromatic heterocycles. The van der Waals surface area contributed by atoms with Crippen LogP contribution in [0.4, 0.5) is 5.82 Å². The fraction of sp³-hybridized carbons (Fsp3) is 0.667. The number of amides is 1. The number of piperidine rings is 1. The largest absolute Gasteiger partial charge is 0.381 e. The van der Waals surface area contributed by atoms with Crippen LogP contribution in [0.5, 0.6) is 0 Å². The number of hydrogen-bond donors (Lipinski definition) is 2. The van der Waals surface area contributed by atoms with Crippen molar-refractivity contribution in [3.05, 3.63) is 23.9 Å². The lowest BCUT2D eigenvalue weighted by molar-refractivity contribution is -0.127. The molecule has 0 bridgehead atoms. The van der Waals surface area contributed by atoms with Crippen LogP contribution in [0.2, 0.25) is 0 Å². The zero-order valence-corrected chi connectivity index (χ0v) is 20.6. The Bertz CT molecular complexity index is 700. The average Bonchev–Trinajstić information content (AvgIpc) is 3.24. The molecule has 3 heterocycles. The molecule has 0 spiro atoms. The third-order valence-electron chi connectivity index (χ3n) is 5.49. The van der Waals surface area contributed by atoms with Gasteiger partial charge in [-0.2, -0.15) is 0 Å². The third-order valence-corrected chi connectivity index (χ3v) is 5.49. The van der Waals surface area contributed by atoms with E-state index in [1.54, 1.807) is 19.0 Å². The predicted molar refractivity (Wildman–Crippen MR) is 131 cm³/mol. The molecule has 1 unspecified atom stereocenters. The van der Waals surface area contributed by atoms with Gasteiger partial charge in [-0.25, -0.2) is 9.98 Å². The molecule has 2 aliphatic rings. The van der Waals surface area contributed by atoms with Crippen molar-refractivity contribution in [3.63, 3.8) is 0 Å². The van der Waals surface area contributed by atoms with Crippen molar-refractivity contribution in [2.45, 2.75) is 32.2 Å². The highest BCUT2D eigenvalue weighted by Gasteiger charge is 2.22. The first-order valence-corrected chi connectivity index (χ1v) is 10.5. The molecule has 0 aliphatic carbocycles.